The third-order valence-electron chi connectivity index (χ3n) is 6.18. The largest absolute Gasteiger partial charge is 0.507 e. The van der Waals surface area contributed by atoms with E-state index in [9.17, 15) is 14.7 Å². The van der Waals surface area contributed by atoms with Gasteiger partial charge in [-0.25, -0.2) is 4.98 Å². The van der Waals surface area contributed by atoms with E-state index in [2.05, 4.69) is 11.9 Å². The van der Waals surface area contributed by atoms with Crippen LogP contribution in [0.15, 0.2) is 59.6 Å². The summed E-state index contributed by atoms with van der Waals surface area (Å²) in [4.78, 5) is 32.2. The van der Waals surface area contributed by atoms with Gasteiger partial charge in [0, 0.05) is 23.6 Å². The molecule has 2 aromatic carbocycles. The van der Waals surface area contributed by atoms with Crippen LogP contribution in [0.4, 0.5) is 5.13 Å². The molecule has 5 rings (SSSR count). The number of unbranched alkanes of at least 4 members (excludes halogenated alkanes) is 1. The summed E-state index contributed by atoms with van der Waals surface area (Å²) in [6.45, 7) is 4.64. The molecular weight excluding hydrogens is 464 g/mol. The molecule has 35 heavy (non-hydrogen) atoms. The highest BCUT2D eigenvalue weighted by Gasteiger charge is 2.48. The third-order valence-corrected chi connectivity index (χ3v) is 6.95. The minimum absolute atomic E-state index is 0.0304. The van der Waals surface area contributed by atoms with Crippen LogP contribution in [0.5, 0.6) is 11.5 Å². The van der Waals surface area contributed by atoms with Gasteiger partial charge >= 0.3 is 5.91 Å². The topological polar surface area (TPSA) is 89.0 Å². The van der Waals surface area contributed by atoms with Crippen LogP contribution in [-0.2, 0) is 16.0 Å². The number of benzene rings is 2. The van der Waals surface area contributed by atoms with E-state index in [1.165, 1.54) is 16.2 Å². The maximum atomic E-state index is 13.3. The van der Waals surface area contributed by atoms with Gasteiger partial charge in [-0.1, -0.05) is 25.5 Å². The van der Waals surface area contributed by atoms with E-state index in [1.54, 1.807) is 23.7 Å². The predicted molar refractivity (Wildman–Crippen MR) is 134 cm³/mol. The average molecular weight is 491 g/mol. The van der Waals surface area contributed by atoms with Crippen molar-refractivity contribution in [2.75, 3.05) is 11.5 Å². The second kappa shape index (κ2) is 9.54. The quantitative estimate of drug-likeness (QED) is 0.210. The number of anilines is 1. The van der Waals surface area contributed by atoms with Gasteiger partial charge in [0.25, 0.3) is 5.78 Å². The number of hydrogen-bond acceptors (Lipinski definition) is 7. The zero-order valence-electron chi connectivity index (χ0n) is 19.6. The molecule has 0 spiro atoms. The summed E-state index contributed by atoms with van der Waals surface area (Å²) >= 11 is 1.26. The highest BCUT2D eigenvalue weighted by molar-refractivity contribution is 7.14. The number of aliphatic hydroxyl groups excluding tert-OH is 1. The maximum Gasteiger partial charge on any atom is 0.301 e. The van der Waals surface area contributed by atoms with Crippen molar-refractivity contribution in [1.82, 2.24) is 4.98 Å². The van der Waals surface area contributed by atoms with Crippen LogP contribution in [0.3, 0.4) is 0 Å². The first-order valence-corrected chi connectivity index (χ1v) is 12.6. The van der Waals surface area contributed by atoms with Gasteiger partial charge in [0.05, 0.1) is 18.2 Å². The number of amides is 1. The Hall–Kier alpha value is -3.65. The lowest BCUT2D eigenvalue weighted by Crippen LogP contribution is -2.29. The minimum Gasteiger partial charge on any atom is -0.507 e. The predicted octanol–water partition coefficient (Wildman–Crippen LogP) is 5.27. The van der Waals surface area contributed by atoms with Crippen LogP contribution in [0.25, 0.3) is 5.76 Å². The summed E-state index contributed by atoms with van der Waals surface area (Å²) in [5.41, 5.74) is 2.12. The molecule has 0 aliphatic carbocycles. The van der Waals surface area contributed by atoms with Crippen molar-refractivity contribution in [3.63, 3.8) is 0 Å². The van der Waals surface area contributed by atoms with E-state index >= 15 is 0 Å². The SMILES string of the molecule is CCCCOc1cccc([C@@H]2/C(=C(\O)c3ccc4c(c3)C[C@H](C)O4)C(=O)C(=O)N2c2nccs2)c1. The van der Waals surface area contributed by atoms with Gasteiger partial charge in [-0.05, 0) is 54.8 Å². The third kappa shape index (κ3) is 4.30. The van der Waals surface area contributed by atoms with Crippen LogP contribution in [0.1, 0.15) is 49.4 Å². The van der Waals surface area contributed by atoms with Gasteiger partial charge in [0.1, 0.15) is 23.4 Å². The summed E-state index contributed by atoms with van der Waals surface area (Å²) in [5.74, 6) is -0.269. The maximum absolute atomic E-state index is 13.3. The zero-order valence-corrected chi connectivity index (χ0v) is 20.4. The Kier molecular flexibility index (Phi) is 6.30. The van der Waals surface area contributed by atoms with Gasteiger partial charge in [0.15, 0.2) is 5.13 Å². The summed E-state index contributed by atoms with van der Waals surface area (Å²) in [5, 5.41) is 13.5. The molecule has 3 aromatic rings. The summed E-state index contributed by atoms with van der Waals surface area (Å²) < 4.78 is 11.6. The normalized spacial score (nSPS) is 20.7. The molecule has 0 unspecified atom stereocenters. The fraction of sp³-hybridized carbons (Fsp3) is 0.296. The number of fused-ring (bicyclic) bond motifs is 1. The van der Waals surface area contributed by atoms with Gasteiger partial charge < -0.3 is 14.6 Å². The van der Waals surface area contributed by atoms with Crippen LogP contribution in [0.2, 0.25) is 0 Å². The number of nitrogens with zero attached hydrogens (tertiary/aromatic N) is 2. The van der Waals surface area contributed by atoms with Crippen molar-refractivity contribution in [1.29, 1.82) is 0 Å². The number of rotatable bonds is 7. The molecule has 0 bridgehead atoms. The molecule has 8 heteroatoms. The van der Waals surface area contributed by atoms with Gasteiger partial charge in [-0.15, -0.1) is 11.3 Å². The van der Waals surface area contributed by atoms with Crippen molar-refractivity contribution >= 4 is 33.9 Å². The van der Waals surface area contributed by atoms with E-state index in [0.717, 1.165) is 24.2 Å². The number of carbonyl (C=O) groups is 2. The molecule has 2 aliphatic rings. The summed E-state index contributed by atoms with van der Waals surface area (Å²) in [7, 11) is 0. The van der Waals surface area contributed by atoms with E-state index in [4.69, 9.17) is 9.47 Å². The summed E-state index contributed by atoms with van der Waals surface area (Å²) in [6.07, 6.45) is 4.28. The number of thiazole rings is 1. The fourth-order valence-electron chi connectivity index (χ4n) is 4.51. The molecule has 2 aliphatic heterocycles. The van der Waals surface area contributed by atoms with Crippen molar-refractivity contribution in [3.8, 4) is 11.5 Å². The minimum atomic E-state index is -0.834. The average Bonchev–Trinajstić information content (AvgIpc) is 3.57. The van der Waals surface area contributed by atoms with E-state index in [0.29, 0.717) is 35.0 Å². The lowest BCUT2D eigenvalue weighted by molar-refractivity contribution is -0.132. The van der Waals surface area contributed by atoms with Crippen molar-refractivity contribution in [3.05, 3.63) is 76.3 Å². The van der Waals surface area contributed by atoms with Gasteiger partial charge in [0.2, 0.25) is 0 Å². The number of aromatic nitrogens is 1. The number of carbonyl (C=O) groups excluding carboxylic acids is 2. The van der Waals surface area contributed by atoms with E-state index < -0.39 is 17.7 Å². The Morgan fingerprint density at radius 2 is 2.11 bits per heavy atom. The smallest absolute Gasteiger partial charge is 0.301 e. The van der Waals surface area contributed by atoms with Crippen LogP contribution >= 0.6 is 11.3 Å². The zero-order chi connectivity index (χ0) is 24.5. The first kappa shape index (κ1) is 23.1. The van der Waals surface area contributed by atoms with Gasteiger partial charge in [-0.2, -0.15) is 0 Å². The number of Topliss-reactive ketones (excluding diaryl/α,β-unsaturated/α-hetero) is 1. The standard InChI is InChI=1S/C27H26N2O5S/c1-3-4-11-33-20-7-5-6-17(15-20)23-22(25(31)26(32)29(23)27-28-10-12-35-27)24(30)18-8-9-21-19(14-18)13-16(2)34-21/h5-10,12,14-16,23,30H,3-4,11,13H2,1-2H3/b24-22+/t16-,23+/m0/s1. The Labute approximate surface area is 207 Å². The molecule has 0 radical (unpaired) electrons. The molecule has 1 amide bonds. The highest BCUT2D eigenvalue weighted by atomic mass is 32.1. The molecule has 1 aromatic heterocycles. The molecule has 180 valence electrons. The lowest BCUT2D eigenvalue weighted by atomic mass is 9.94. The Morgan fingerprint density at radius 1 is 1.26 bits per heavy atom. The molecule has 2 atom stereocenters. The molecule has 1 saturated heterocycles. The molecule has 1 N–H and O–H groups in total. The van der Waals surface area contributed by atoms with E-state index in [-0.39, 0.29) is 17.4 Å². The molecular formula is C27H26N2O5S. The Bertz CT molecular complexity index is 1300. The van der Waals surface area contributed by atoms with Crippen LogP contribution in [0, 0.1) is 0 Å². The second-order valence-electron chi connectivity index (χ2n) is 8.71. The van der Waals surface area contributed by atoms with Crippen molar-refractivity contribution < 1.29 is 24.2 Å². The number of aliphatic hydroxyl groups is 1. The van der Waals surface area contributed by atoms with E-state index in [1.807, 2.05) is 37.3 Å². The number of hydrogen-bond donors (Lipinski definition) is 1. The van der Waals surface area contributed by atoms with Crippen molar-refractivity contribution in [2.45, 2.75) is 45.3 Å². The second-order valence-corrected chi connectivity index (χ2v) is 9.59. The fourth-order valence-corrected chi connectivity index (χ4v) is 5.18. The summed E-state index contributed by atoms with van der Waals surface area (Å²) in [6, 6.07) is 11.8. The lowest BCUT2D eigenvalue weighted by Gasteiger charge is -2.23. The molecule has 0 saturated carbocycles. The first-order valence-electron chi connectivity index (χ1n) is 11.7. The Morgan fingerprint density at radius 3 is 2.89 bits per heavy atom. The number of ether oxygens (including phenoxy) is 2. The van der Waals surface area contributed by atoms with Crippen molar-refractivity contribution in [2.24, 2.45) is 0 Å². The molecule has 3 heterocycles. The first-order chi connectivity index (χ1) is 17.0. The highest BCUT2D eigenvalue weighted by Crippen LogP contribution is 2.44. The van der Waals surface area contributed by atoms with Crippen LogP contribution < -0.4 is 14.4 Å². The van der Waals surface area contributed by atoms with Crippen LogP contribution in [-0.4, -0.2) is 34.5 Å². The Balaban J connectivity index is 1.62. The monoisotopic (exact) mass is 490 g/mol. The molecule has 7 nitrogen and oxygen atoms in total. The van der Waals surface area contributed by atoms with Gasteiger partial charge in [-0.3, -0.25) is 14.5 Å². The number of ketones is 1. The molecule has 1 fully saturated rings.